The molecule has 0 aromatic carbocycles. The predicted molar refractivity (Wildman–Crippen MR) is 176 cm³/mol. The second kappa shape index (κ2) is 31.5. The Morgan fingerprint density at radius 1 is 0.475 bits per heavy atom. The van der Waals surface area contributed by atoms with E-state index >= 15 is 0 Å². The van der Waals surface area contributed by atoms with E-state index in [9.17, 15) is 9.59 Å². The minimum Gasteiger partial charge on any atom is -0.465 e. The molecule has 0 heterocycles. The molecule has 4 N–H and O–H groups in total. The number of nitrogens with two attached hydrogens (primary N) is 2. The number of hydrogen-bond acceptors (Lipinski definition) is 8. The van der Waals surface area contributed by atoms with Crippen molar-refractivity contribution in [2.75, 3.05) is 24.7 Å². The highest BCUT2D eigenvalue weighted by atomic mass is 33.1. The molecule has 0 saturated carbocycles. The van der Waals surface area contributed by atoms with Crippen molar-refractivity contribution in [3.63, 3.8) is 0 Å². The fourth-order valence-electron chi connectivity index (χ4n) is 4.47. The summed E-state index contributed by atoms with van der Waals surface area (Å²) in [6.07, 6.45) is 27.8. The lowest BCUT2D eigenvalue weighted by atomic mass is 10.1. The van der Waals surface area contributed by atoms with Crippen molar-refractivity contribution in [2.45, 2.75) is 167 Å². The zero-order chi connectivity index (χ0) is 29.5. The Balaban J connectivity index is 3.52. The van der Waals surface area contributed by atoms with Gasteiger partial charge in [-0.25, -0.2) is 0 Å². The SMILES string of the molecule is CCCCCCCCCCCCCOC(=O)C(N)CSSCC(N)C(=O)OCCCCCCCCCCCCC. The maximum Gasteiger partial charge on any atom is 0.323 e. The molecule has 2 atom stereocenters. The van der Waals surface area contributed by atoms with E-state index < -0.39 is 12.1 Å². The third-order valence-electron chi connectivity index (χ3n) is 7.17. The van der Waals surface area contributed by atoms with Crippen LogP contribution in [0, 0.1) is 0 Å². The van der Waals surface area contributed by atoms with Crippen LogP contribution in [0.25, 0.3) is 0 Å². The van der Waals surface area contributed by atoms with Crippen molar-refractivity contribution >= 4 is 33.5 Å². The number of unbranched alkanes of at least 4 members (excludes halogenated alkanes) is 20. The van der Waals surface area contributed by atoms with Crippen molar-refractivity contribution in [2.24, 2.45) is 11.5 Å². The molecule has 0 aliphatic heterocycles. The summed E-state index contributed by atoms with van der Waals surface area (Å²) >= 11 is 0. The summed E-state index contributed by atoms with van der Waals surface area (Å²) in [6, 6.07) is -1.32. The molecule has 0 spiro atoms. The summed E-state index contributed by atoms with van der Waals surface area (Å²) in [5, 5.41) is 0. The minimum atomic E-state index is -0.658. The molecule has 2 unspecified atom stereocenters. The maximum absolute atomic E-state index is 12.1. The lowest BCUT2D eigenvalue weighted by Gasteiger charge is -2.13. The van der Waals surface area contributed by atoms with E-state index in [1.54, 1.807) is 0 Å². The largest absolute Gasteiger partial charge is 0.465 e. The van der Waals surface area contributed by atoms with Crippen LogP contribution in [-0.4, -0.2) is 48.7 Å². The molecule has 0 rings (SSSR count). The molecule has 238 valence electrons. The monoisotopic (exact) mass is 604 g/mol. The topological polar surface area (TPSA) is 105 Å². The first-order valence-corrected chi connectivity index (χ1v) is 19.1. The number of hydrogen-bond donors (Lipinski definition) is 2. The van der Waals surface area contributed by atoms with E-state index in [1.165, 1.54) is 137 Å². The quantitative estimate of drug-likeness (QED) is 0.0460. The van der Waals surface area contributed by atoms with Gasteiger partial charge in [0.15, 0.2) is 0 Å². The molecule has 0 fully saturated rings. The van der Waals surface area contributed by atoms with Gasteiger partial charge >= 0.3 is 11.9 Å². The van der Waals surface area contributed by atoms with Gasteiger partial charge in [0.1, 0.15) is 12.1 Å². The summed E-state index contributed by atoms with van der Waals surface area (Å²) in [7, 11) is 2.89. The summed E-state index contributed by atoms with van der Waals surface area (Å²) in [5.74, 6) is 0.163. The fraction of sp³-hybridized carbons (Fsp3) is 0.938. The number of carbonyl (C=O) groups excluding carboxylic acids is 2. The Hall–Kier alpha value is -0.440. The van der Waals surface area contributed by atoms with Gasteiger partial charge in [0.25, 0.3) is 0 Å². The molecule has 0 amide bonds. The molecule has 0 aromatic heterocycles. The Morgan fingerprint density at radius 2 is 0.725 bits per heavy atom. The zero-order valence-electron chi connectivity index (χ0n) is 26.1. The summed E-state index contributed by atoms with van der Waals surface area (Å²) in [4.78, 5) is 24.2. The zero-order valence-corrected chi connectivity index (χ0v) is 27.8. The molecule has 0 aromatic rings. The Labute approximate surface area is 255 Å². The van der Waals surface area contributed by atoms with Gasteiger partial charge in [0.2, 0.25) is 0 Å². The van der Waals surface area contributed by atoms with Crippen LogP contribution in [0.5, 0.6) is 0 Å². The highest BCUT2D eigenvalue weighted by Gasteiger charge is 2.18. The van der Waals surface area contributed by atoms with Crippen LogP contribution >= 0.6 is 21.6 Å². The fourth-order valence-corrected chi connectivity index (χ4v) is 6.69. The van der Waals surface area contributed by atoms with Gasteiger partial charge in [0, 0.05) is 11.5 Å². The Morgan fingerprint density at radius 3 is 1.00 bits per heavy atom. The van der Waals surface area contributed by atoms with Gasteiger partial charge in [-0.1, -0.05) is 164 Å². The molecule has 0 bridgehead atoms. The summed E-state index contributed by atoms with van der Waals surface area (Å²) < 4.78 is 10.7. The lowest BCUT2D eigenvalue weighted by Crippen LogP contribution is -2.35. The van der Waals surface area contributed by atoms with Crippen LogP contribution in [0.15, 0.2) is 0 Å². The van der Waals surface area contributed by atoms with Crippen LogP contribution in [0.3, 0.4) is 0 Å². The third kappa shape index (κ3) is 27.7. The molecule has 40 heavy (non-hydrogen) atoms. The highest BCUT2D eigenvalue weighted by Crippen LogP contribution is 2.23. The van der Waals surface area contributed by atoms with Gasteiger partial charge in [-0.3, -0.25) is 9.59 Å². The summed E-state index contributed by atoms with van der Waals surface area (Å²) in [6.45, 7) is 5.39. The van der Waals surface area contributed by atoms with Gasteiger partial charge in [-0.05, 0) is 12.8 Å². The molecule has 0 aliphatic rings. The third-order valence-corrected chi connectivity index (χ3v) is 9.64. The van der Waals surface area contributed by atoms with Gasteiger partial charge < -0.3 is 20.9 Å². The maximum atomic E-state index is 12.1. The second-order valence-electron chi connectivity index (χ2n) is 11.2. The number of ether oxygens (including phenoxy) is 2. The Bertz CT molecular complexity index is 521. The molecule has 6 nitrogen and oxygen atoms in total. The summed E-state index contributed by atoms with van der Waals surface area (Å²) in [5.41, 5.74) is 11.9. The minimum absolute atomic E-state index is 0.351. The van der Waals surface area contributed by atoms with Crippen molar-refractivity contribution in [3.05, 3.63) is 0 Å². The van der Waals surface area contributed by atoms with Crippen LogP contribution in [0.4, 0.5) is 0 Å². The average Bonchev–Trinajstić information content (AvgIpc) is 2.95. The average molecular weight is 605 g/mol. The smallest absolute Gasteiger partial charge is 0.323 e. The first-order chi connectivity index (χ1) is 19.5. The van der Waals surface area contributed by atoms with Crippen molar-refractivity contribution < 1.29 is 19.1 Å². The molecule has 0 radical (unpaired) electrons. The van der Waals surface area contributed by atoms with E-state index in [1.807, 2.05) is 0 Å². The number of rotatable bonds is 31. The van der Waals surface area contributed by atoms with Crippen molar-refractivity contribution in [3.8, 4) is 0 Å². The standard InChI is InChI=1S/C32H64N2O4S2/c1-3-5-7-9-11-13-15-17-19-21-23-25-37-31(35)29(33)27-39-40-28-30(34)32(36)38-26-24-22-20-18-16-14-12-10-8-6-4-2/h29-30H,3-28,33-34H2,1-2H3. The number of carbonyl (C=O) groups is 2. The van der Waals surface area contributed by atoms with Crippen LogP contribution in [0.2, 0.25) is 0 Å². The first-order valence-electron chi connectivity index (χ1n) is 16.6. The van der Waals surface area contributed by atoms with E-state index in [-0.39, 0.29) is 11.9 Å². The number of esters is 2. The van der Waals surface area contributed by atoms with E-state index in [4.69, 9.17) is 20.9 Å². The van der Waals surface area contributed by atoms with Crippen molar-refractivity contribution in [1.29, 1.82) is 0 Å². The van der Waals surface area contributed by atoms with Gasteiger partial charge in [0.05, 0.1) is 13.2 Å². The lowest BCUT2D eigenvalue weighted by molar-refractivity contribution is -0.145. The van der Waals surface area contributed by atoms with E-state index in [0.717, 1.165) is 25.7 Å². The van der Waals surface area contributed by atoms with Gasteiger partial charge in [-0.2, -0.15) is 0 Å². The van der Waals surface area contributed by atoms with Crippen LogP contribution in [0.1, 0.15) is 155 Å². The Kier molecular flexibility index (Phi) is 31.1. The van der Waals surface area contributed by atoms with E-state index in [0.29, 0.717) is 24.7 Å². The van der Waals surface area contributed by atoms with Gasteiger partial charge in [-0.15, -0.1) is 0 Å². The second-order valence-corrected chi connectivity index (χ2v) is 13.7. The molecular formula is C32H64N2O4S2. The highest BCUT2D eigenvalue weighted by molar-refractivity contribution is 8.76. The molecule has 0 saturated heterocycles. The molecule has 8 heteroatoms. The van der Waals surface area contributed by atoms with Crippen LogP contribution in [-0.2, 0) is 19.1 Å². The van der Waals surface area contributed by atoms with Crippen molar-refractivity contribution in [1.82, 2.24) is 0 Å². The first kappa shape index (κ1) is 39.6. The predicted octanol–water partition coefficient (Wildman–Crippen LogP) is 8.73. The molecule has 0 aliphatic carbocycles. The van der Waals surface area contributed by atoms with Crippen LogP contribution < -0.4 is 11.5 Å². The molecular weight excluding hydrogens is 540 g/mol. The normalized spacial score (nSPS) is 12.8. The van der Waals surface area contributed by atoms with E-state index in [2.05, 4.69) is 13.8 Å².